The van der Waals surface area contributed by atoms with Gasteiger partial charge in [0.05, 0.1) is 34.3 Å². The van der Waals surface area contributed by atoms with Crippen LogP contribution in [-0.2, 0) is 14.4 Å². The van der Waals surface area contributed by atoms with Crippen LogP contribution in [0.15, 0.2) is 48.9 Å². The number of aromatic nitrogens is 4. The predicted molar refractivity (Wildman–Crippen MR) is 150 cm³/mol. The molecule has 0 aliphatic carbocycles. The van der Waals surface area contributed by atoms with Crippen LogP contribution in [0.1, 0.15) is 18.1 Å². The average molecular weight is 676 g/mol. The van der Waals surface area contributed by atoms with Crippen LogP contribution in [0.5, 0.6) is 5.75 Å². The Morgan fingerprint density at radius 1 is 0.958 bits per heavy atom. The number of pyridine rings is 2. The minimum atomic E-state index is -5.08. The van der Waals surface area contributed by atoms with Crippen molar-refractivity contribution in [3.05, 3.63) is 60.0 Å². The largest absolute Gasteiger partial charge is 0.490 e. The lowest BCUT2D eigenvalue weighted by molar-refractivity contribution is -0.193. The molecule has 1 aromatic carbocycles. The molecule has 0 spiro atoms. The van der Waals surface area contributed by atoms with Crippen LogP contribution < -0.4 is 15.8 Å². The molecule has 4 heterocycles. The number of imidazole rings is 1. The van der Waals surface area contributed by atoms with Crippen molar-refractivity contribution in [2.24, 2.45) is 5.73 Å². The molecule has 1 aliphatic heterocycles. The van der Waals surface area contributed by atoms with Gasteiger partial charge >= 0.3 is 24.3 Å². The maximum Gasteiger partial charge on any atom is 0.490 e. The molecule has 0 radical (unpaired) electrons. The Morgan fingerprint density at radius 2 is 1.52 bits per heavy atom. The quantitative estimate of drug-likeness (QED) is 0.165. The number of alkyl halides is 6. The second-order valence-electron chi connectivity index (χ2n) is 9.14. The number of fused-ring (bicyclic) bond motifs is 5. The number of rotatable bonds is 4. The second kappa shape index (κ2) is 14.2. The summed E-state index contributed by atoms with van der Waals surface area (Å²) in [6.07, 6.45) is -6.06. The molecule has 1 amide bonds. The molecule has 14 nitrogen and oxygen atoms in total. The van der Waals surface area contributed by atoms with E-state index in [1.165, 1.54) is 19.1 Å². The van der Waals surface area contributed by atoms with Gasteiger partial charge < -0.3 is 31.0 Å². The van der Waals surface area contributed by atoms with E-state index in [9.17, 15) is 41.7 Å². The lowest BCUT2D eigenvalue weighted by atomic mass is 10.0. The number of aromatic amines is 1. The van der Waals surface area contributed by atoms with Gasteiger partial charge in [-0.3, -0.25) is 9.78 Å². The van der Waals surface area contributed by atoms with Crippen LogP contribution in [0.25, 0.3) is 33.9 Å². The number of halogens is 6. The molecule has 1 atom stereocenters. The van der Waals surface area contributed by atoms with Gasteiger partial charge in [0.1, 0.15) is 35.2 Å². The number of carbonyl (C=O) groups excluding carboxylic acids is 1. The summed E-state index contributed by atoms with van der Waals surface area (Å²) in [4.78, 5) is 45.9. The van der Waals surface area contributed by atoms with Crippen molar-refractivity contribution in [3.8, 4) is 51.8 Å². The molecule has 20 heteroatoms. The van der Waals surface area contributed by atoms with Crippen molar-refractivity contribution in [2.75, 3.05) is 5.32 Å². The number of carboxylic acid groups (broad SMARTS) is 2. The number of carboxylic acids is 2. The van der Waals surface area contributed by atoms with Crippen LogP contribution in [0, 0.1) is 22.7 Å². The van der Waals surface area contributed by atoms with Crippen LogP contribution in [0.2, 0.25) is 0 Å². The minimum Gasteiger partial charge on any atom is -0.481 e. The second-order valence-corrected chi connectivity index (χ2v) is 9.14. The molecule has 1 unspecified atom stereocenters. The number of carbonyl (C=O) groups is 3. The summed E-state index contributed by atoms with van der Waals surface area (Å²) < 4.78 is 69.0. The Bertz CT molecular complexity index is 1840. The Balaban J connectivity index is 0.000000376. The van der Waals surface area contributed by atoms with Gasteiger partial charge in [0.25, 0.3) is 5.91 Å². The summed E-state index contributed by atoms with van der Waals surface area (Å²) in [5.41, 5.74) is 9.53. The van der Waals surface area contributed by atoms with E-state index in [2.05, 4.69) is 32.4 Å². The lowest BCUT2D eigenvalue weighted by Gasteiger charge is -2.13. The van der Waals surface area contributed by atoms with Gasteiger partial charge in [-0.05, 0) is 37.3 Å². The molecule has 1 aliphatic rings. The number of H-pyrrole nitrogens is 1. The number of anilines is 2. The summed E-state index contributed by atoms with van der Waals surface area (Å²) >= 11 is 0. The van der Waals surface area contributed by atoms with Crippen LogP contribution in [-0.4, -0.2) is 66.5 Å². The zero-order valence-electron chi connectivity index (χ0n) is 23.8. The minimum absolute atomic E-state index is 0.161. The fraction of sp³-hybridized carbons (Fsp3) is 0.143. The molecule has 248 valence electrons. The number of benzene rings is 1. The first-order chi connectivity index (χ1) is 22.4. The summed E-state index contributed by atoms with van der Waals surface area (Å²) in [6.45, 7) is 1.49. The van der Waals surface area contributed by atoms with Crippen molar-refractivity contribution < 1.29 is 55.7 Å². The Hall–Kier alpha value is -6.70. The molecule has 5 rings (SSSR count). The van der Waals surface area contributed by atoms with Gasteiger partial charge in [-0.25, -0.2) is 19.6 Å². The van der Waals surface area contributed by atoms with Gasteiger partial charge in [0, 0.05) is 23.5 Å². The van der Waals surface area contributed by atoms with Crippen LogP contribution in [0.4, 0.5) is 37.8 Å². The molecule has 0 fully saturated rings. The topological polar surface area (TPSA) is 241 Å². The molecule has 0 saturated heterocycles. The summed E-state index contributed by atoms with van der Waals surface area (Å²) in [7, 11) is 0. The highest BCUT2D eigenvalue weighted by atomic mass is 19.4. The number of nitrogens with one attached hydrogen (secondary N) is 2. The van der Waals surface area contributed by atoms with E-state index >= 15 is 0 Å². The number of ether oxygens (including phenoxy) is 1. The molecular formula is C28H18F6N8O6. The maximum atomic E-state index is 11.4. The zero-order chi connectivity index (χ0) is 36.0. The van der Waals surface area contributed by atoms with Crippen molar-refractivity contribution in [1.82, 2.24) is 19.9 Å². The highest BCUT2D eigenvalue weighted by Crippen LogP contribution is 2.43. The number of amides is 1. The zero-order valence-corrected chi connectivity index (χ0v) is 23.8. The highest BCUT2D eigenvalue weighted by Gasteiger charge is 2.39. The smallest absolute Gasteiger partial charge is 0.481 e. The fourth-order valence-corrected chi connectivity index (χ4v) is 3.79. The van der Waals surface area contributed by atoms with E-state index in [0.29, 0.717) is 28.6 Å². The van der Waals surface area contributed by atoms with E-state index < -0.39 is 36.3 Å². The molecule has 6 N–H and O–H groups in total. The van der Waals surface area contributed by atoms with Gasteiger partial charge in [0.2, 0.25) is 0 Å². The molecular weight excluding hydrogens is 658 g/mol. The van der Waals surface area contributed by atoms with E-state index in [-0.39, 0.29) is 16.9 Å². The summed E-state index contributed by atoms with van der Waals surface area (Å²) in [5.74, 6) is -5.04. The average Bonchev–Trinajstić information content (AvgIpc) is 3.40. The molecule has 4 aromatic rings. The number of hydrogen-bond donors (Lipinski definition) is 5. The first-order valence-electron chi connectivity index (χ1n) is 12.7. The third-order valence-corrected chi connectivity index (χ3v) is 5.90. The number of hydrogen-bond acceptors (Lipinski definition) is 10. The number of aliphatic carboxylic acids is 2. The first-order valence-corrected chi connectivity index (χ1v) is 12.7. The third-order valence-electron chi connectivity index (χ3n) is 5.90. The van der Waals surface area contributed by atoms with Crippen LogP contribution in [0.3, 0.4) is 0 Å². The number of nitrogens with zero attached hydrogens (tertiary/aromatic N) is 5. The number of primary amides is 1. The monoisotopic (exact) mass is 676 g/mol. The number of nitrogens with two attached hydrogens (primary N) is 1. The van der Waals surface area contributed by atoms with Crippen molar-refractivity contribution >= 4 is 29.4 Å². The van der Waals surface area contributed by atoms with Gasteiger partial charge in [0.15, 0.2) is 6.10 Å². The van der Waals surface area contributed by atoms with E-state index in [4.69, 9.17) is 35.3 Å². The molecule has 48 heavy (non-hydrogen) atoms. The predicted octanol–water partition coefficient (Wildman–Crippen LogP) is 4.52. The number of nitriles is 2. The summed E-state index contributed by atoms with van der Waals surface area (Å²) in [6, 6.07) is 12.6. The fourth-order valence-electron chi connectivity index (χ4n) is 3.79. The van der Waals surface area contributed by atoms with Gasteiger partial charge in [-0.1, -0.05) is 0 Å². The molecule has 0 bridgehead atoms. The van der Waals surface area contributed by atoms with Gasteiger partial charge in [-0.2, -0.15) is 36.9 Å². The van der Waals surface area contributed by atoms with Crippen molar-refractivity contribution in [2.45, 2.75) is 25.4 Å². The third kappa shape index (κ3) is 8.31. The van der Waals surface area contributed by atoms with E-state index in [0.717, 1.165) is 16.8 Å². The van der Waals surface area contributed by atoms with E-state index in [1.807, 2.05) is 12.1 Å². The van der Waals surface area contributed by atoms with Crippen LogP contribution >= 0.6 is 0 Å². The SMILES string of the molecule is CC(Oc1cc(C#N)c(-c2nc3c([nH]2)-c2ccncc2Nc2ncccc2-3)c(C#N)c1)C(N)=O.O=C(O)C(F)(F)F.O=C(O)C(F)(F)F. The maximum absolute atomic E-state index is 11.4. The van der Waals surface area contributed by atoms with Crippen molar-refractivity contribution in [3.63, 3.8) is 0 Å². The lowest BCUT2D eigenvalue weighted by Crippen LogP contribution is -2.30. The van der Waals surface area contributed by atoms with Gasteiger partial charge in [-0.15, -0.1) is 0 Å². The Kier molecular flexibility index (Phi) is 10.6. The van der Waals surface area contributed by atoms with E-state index in [1.54, 1.807) is 24.7 Å². The highest BCUT2D eigenvalue weighted by molar-refractivity contribution is 5.95. The first kappa shape index (κ1) is 35.8. The summed E-state index contributed by atoms with van der Waals surface area (Å²) in [5, 5.41) is 37.2. The van der Waals surface area contributed by atoms with Crippen molar-refractivity contribution in [1.29, 1.82) is 10.5 Å². The normalized spacial score (nSPS) is 11.8. The molecule has 0 saturated carbocycles. The molecule has 3 aromatic heterocycles. The Morgan fingerprint density at radius 3 is 2.02 bits per heavy atom. The standard InChI is InChI=1S/C24H16N8O2.2C2HF3O2/c1-12(22(27)33)34-15-7-13(9-25)19(14(8-15)10-26)24-31-20-16-4-6-28-11-18(16)30-23-17(21(20)32-24)3-2-5-29-23;2*3-2(4,5)1(6)7/h2-8,11-12H,1H3,(H2,27,33)(H,29,30)(H,31,32);2*(H,6,7). The Labute approximate surface area is 264 Å².